The van der Waals surface area contributed by atoms with Gasteiger partial charge in [-0.15, -0.1) is 0 Å². The average Bonchev–Trinajstić information content (AvgIpc) is 2.30. The second kappa shape index (κ2) is 5.15. The van der Waals surface area contributed by atoms with E-state index in [9.17, 15) is 14.9 Å². The van der Waals surface area contributed by atoms with Gasteiger partial charge in [-0.3, -0.25) is 14.9 Å². The molecule has 1 aromatic carbocycles. The number of halogens is 1. The number of hydrogen-bond donors (Lipinski definition) is 0. The Kier molecular flexibility index (Phi) is 4.04. The van der Waals surface area contributed by atoms with Crippen molar-refractivity contribution in [1.82, 2.24) is 0 Å². The van der Waals surface area contributed by atoms with Gasteiger partial charge in [-0.2, -0.15) is 5.26 Å². The number of carbonyl (C=O) groups is 1. The van der Waals surface area contributed by atoms with Crippen molar-refractivity contribution in [1.29, 1.82) is 5.26 Å². The summed E-state index contributed by atoms with van der Waals surface area (Å²) in [5.74, 6) is -0.348. The van der Waals surface area contributed by atoms with Crippen molar-refractivity contribution < 1.29 is 9.72 Å². The molecule has 1 rings (SSSR count). The first-order valence-corrected chi connectivity index (χ1v) is 5.53. The SMILES string of the molecule is CC(=O)C(C)(C#N)Cc1c(Cl)cccc1[N+](=O)[O-]. The standard InChI is InChI=1S/C12H11ClN2O3/c1-8(16)12(2,7-14)6-9-10(13)4-3-5-11(9)15(17)18/h3-5H,6H2,1-2H3. The van der Waals surface area contributed by atoms with Crippen LogP contribution in [0.15, 0.2) is 18.2 Å². The van der Waals surface area contributed by atoms with E-state index in [1.165, 1.54) is 32.0 Å². The molecule has 0 saturated heterocycles. The number of carbonyl (C=O) groups excluding carboxylic acids is 1. The van der Waals surface area contributed by atoms with Gasteiger partial charge in [0.25, 0.3) is 5.69 Å². The summed E-state index contributed by atoms with van der Waals surface area (Å²) in [6, 6.07) is 6.16. The van der Waals surface area contributed by atoms with E-state index in [1.54, 1.807) is 0 Å². The van der Waals surface area contributed by atoms with E-state index in [4.69, 9.17) is 16.9 Å². The first kappa shape index (κ1) is 14.1. The van der Waals surface area contributed by atoms with Gasteiger partial charge in [-0.05, 0) is 19.9 Å². The van der Waals surface area contributed by atoms with E-state index < -0.39 is 10.3 Å². The molecule has 94 valence electrons. The third-order valence-electron chi connectivity index (χ3n) is 2.84. The van der Waals surface area contributed by atoms with Crippen LogP contribution in [-0.2, 0) is 11.2 Å². The Morgan fingerprint density at radius 1 is 1.61 bits per heavy atom. The van der Waals surface area contributed by atoms with Crippen LogP contribution in [0.2, 0.25) is 5.02 Å². The molecule has 0 amide bonds. The molecule has 0 aliphatic carbocycles. The molecule has 1 atom stereocenters. The Morgan fingerprint density at radius 2 is 2.22 bits per heavy atom. The topological polar surface area (TPSA) is 84.0 Å². The van der Waals surface area contributed by atoms with Gasteiger partial charge in [-0.25, -0.2) is 0 Å². The maximum Gasteiger partial charge on any atom is 0.274 e. The normalized spacial score (nSPS) is 13.4. The lowest BCUT2D eigenvalue weighted by Crippen LogP contribution is -2.26. The highest BCUT2D eigenvalue weighted by atomic mass is 35.5. The third-order valence-corrected chi connectivity index (χ3v) is 3.20. The Morgan fingerprint density at radius 3 is 2.67 bits per heavy atom. The number of benzene rings is 1. The Hall–Kier alpha value is -1.93. The highest BCUT2D eigenvalue weighted by Gasteiger charge is 2.33. The summed E-state index contributed by atoms with van der Waals surface area (Å²) < 4.78 is 0. The average molecular weight is 267 g/mol. The van der Waals surface area contributed by atoms with Crippen molar-refractivity contribution in [3.8, 4) is 6.07 Å². The zero-order chi connectivity index (χ0) is 13.9. The molecule has 0 N–H and O–H groups in total. The van der Waals surface area contributed by atoms with E-state index in [1.807, 2.05) is 6.07 Å². The first-order valence-electron chi connectivity index (χ1n) is 5.16. The number of nitriles is 1. The van der Waals surface area contributed by atoms with Crippen molar-refractivity contribution in [2.75, 3.05) is 0 Å². The first-order chi connectivity index (χ1) is 8.31. The van der Waals surface area contributed by atoms with Crippen molar-refractivity contribution in [3.05, 3.63) is 38.9 Å². The minimum absolute atomic E-state index is 0.0746. The molecule has 5 nitrogen and oxygen atoms in total. The molecule has 1 aromatic rings. The summed E-state index contributed by atoms with van der Waals surface area (Å²) in [7, 11) is 0. The predicted molar refractivity (Wildman–Crippen MR) is 66.2 cm³/mol. The third kappa shape index (κ3) is 2.66. The zero-order valence-corrected chi connectivity index (χ0v) is 10.7. The fourth-order valence-electron chi connectivity index (χ4n) is 1.49. The molecule has 0 saturated carbocycles. The number of rotatable bonds is 4. The quantitative estimate of drug-likeness (QED) is 0.619. The minimum atomic E-state index is -1.31. The number of hydrogen-bond acceptors (Lipinski definition) is 4. The van der Waals surface area contributed by atoms with Crippen LogP contribution in [0.1, 0.15) is 19.4 Å². The molecule has 0 aliphatic heterocycles. The van der Waals surface area contributed by atoms with Crippen molar-refractivity contribution in [2.24, 2.45) is 5.41 Å². The molecule has 1 unspecified atom stereocenters. The molecular formula is C12H11ClN2O3. The van der Waals surface area contributed by atoms with Crippen LogP contribution in [0.5, 0.6) is 0 Å². The largest absolute Gasteiger partial charge is 0.298 e. The molecule has 0 bridgehead atoms. The number of nitrogens with zero attached hydrogens (tertiary/aromatic N) is 2. The maximum atomic E-state index is 11.5. The zero-order valence-electron chi connectivity index (χ0n) is 9.94. The number of nitro groups is 1. The fraction of sp³-hybridized carbons (Fsp3) is 0.333. The monoisotopic (exact) mass is 266 g/mol. The van der Waals surface area contributed by atoms with Gasteiger partial charge in [0, 0.05) is 12.5 Å². The Labute approximate surface area is 109 Å². The molecule has 6 heteroatoms. The molecule has 18 heavy (non-hydrogen) atoms. The minimum Gasteiger partial charge on any atom is -0.298 e. The van der Waals surface area contributed by atoms with E-state index in [2.05, 4.69) is 0 Å². The van der Waals surface area contributed by atoms with Crippen LogP contribution in [-0.4, -0.2) is 10.7 Å². The summed E-state index contributed by atoms with van der Waals surface area (Å²) in [6.45, 7) is 2.73. The maximum absolute atomic E-state index is 11.5. The van der Waals surface area contributed by atoms with E-state index in [-0.39, 0.29) is 28.5 Å². The van der Waals surface area contributed by atoms with Gasteiger partial charge in [0.05, 0.1) is 21.6 Å². The second-order valence-corrected chi connectivity index (χ2v) is 4.58. The van der Waals surface area contributed by atoms with Crippen LogP contribution in [0, 0.1) is 26.9 Å². The summed E-state index contributed by atoms with van der Waals surface area (Å²) in [4.78, 5) is 21.8. The highest BCUT2D eigenvalue weighted by Crippen LogP contribution is 2.33. The van der Waals surface area contributed by atoms with Crippen molar-refractivity contribution in [3.63, 3.8) is 0 Å². The van der Waals surface area contributed by atoms with E-state index in [0.717, 1.165) is 0 Å². The second-order valence-electron chi connectivity index (χ2n) is 4.17. The van der Waals surface area contributed by atoms with Crippen LogP contribution < -0.4 is 0 Å². The Balaban J connectivity index is 3.31. The van der Waals surface area contributed by atoms with Gasteiger partial charge in [-0.1, -0.05) is 17.7 Å². The molecule has 0 aromatic heterocycles. The molecule has 0 spiro atoms. The molecule has 0 radical (unpaired) electrons. The molecule has 0 aliphatic rings. The summed E-state index contributed by atoms with van der Waals surface area (Å²) >= 11 is 5.92. The molecular weight excluding hydrogens is 256 g/mol. The van der Waals surface area contributed by atoms with Crippen LogP contribution >= 0.6 is 11.6 Å². The lowest BCUT2D eigenvalue weighted by molar-refractivity contribution is -0.385. The van der Waals surface area contributed by atoms with E-state index in [0.29, 0.717) is 0 Å². The molecule has 0 heterocycles. The molecule has 0 fully saturated rings. The predicted octanol–water partition coefficient (Wildman–Crippen LogP) is 2.91. The van der Waals surface area contributed by atoms with Crippen LogP contribution in [0.3, 0.4) is 0 Å². The lowest BCUT2D eigenvalue weighted by atomic mass is 9.81. The smallest absolute Gasteiger partial charge is 0.274 e. The fourth-order valence-corrected chi connectivity index (χ4v) is 1.73. The number of nitro benzene ring substituents is 1. The van der Waals surface area contributed by atoms with Crippen molar-refractivity contribution >= 4 is 23.1 Å². The van der Waals surface area contributed by atoms with E-state index >= 15 is 0 Å². The van der Waals surface area contributed by atoms with Gasteiger partial charge in [0.15, 0.2) is 0 Å². The highest BCUT2D eigenvalue weighted by molar-refractivity contribution is 6.31. The van der Waals surface area contributed by atoms with Crippen LogP contribution in [0.25, 0.3) is 0 Å². The number of ketones is 1. The van der Waals surface area contributed by atoms with Gasteiger partial charge in [0.2, 0.25) is 0 Å². The van der Waals surface area contributed by atoms with Crippen LogP contribution in [0.4, 0.5) is 5.69 Å². The van der Waals surface area contributed by atoms with Crippen molar-refractivity contribution in [2.45, 2.75) is 20.3 Å². The summed E-state index contributed by atoms with van der Waals surface area (Å²) in [5, 5.41) is 20.1. The van der Waals surface area contributed by atoms with Gasteiger partial charge >= 0.3 is 0 Å². The number of Topliss-reactive ketones (excluding diaryl/α,β-unsaturated/α-hetero) is 1. The Bertz CT molecular complexity index is 551. The summed E-state index contributed by atoms with van der Waals surface area (Å²) in [6.07, 6.45) is -0.0746. The summed E-state index contributed by atoms with van der Waals surface area (Å²) in [5.41, 5.74) is -1.27. The van der Waals surface area contributed by atoms with Gasteiger partial charge in [0.1, 0.15) is 11.2 Å². The van der Waals surface area contributed by atoms with Gasteiger partial charge < -0.3 is 0 Å². The lowest BCUT2D eigenvalue weighted by Gasteiger charge is -2.18.